The largest absolute Gasteiger partial charge is 0.497 e. The topological polar surface area (TPSA) is 57.9 Å². The summed E-state index contributed by atoms with van der Waals surface area (Å²) in [6.45, 7) is 1.04. The maximum absolute atomic E-state index is 12.7. The summed E-state index contributed by atoms with van der Waals surface area (Å²) in [5.41, 5.74) is 1.63. The van der Waals surface area contributed by atoms with Crippen molar-refractivity contribution in [1.29, 1.82) is 0 Å². The highest BCUT2D eigenvalue weighted by molar-refractivity contribution is 5.83. The van der Waals surface area contributed by atoms with Gasteiger partial charge in [-0.3, -0.25) is 4.79 Å². The van der Waals surface area contributed by atoms with Crippen molar-refractivity contribution in [2.24, 2.45) is 0 Å². The van der Waals surface area contributed by atoms with E-state index >= 15 is 0 Å². The molecule has 2 heterocycles. The minimum atomic E-state index is -0.0921. The van der Waals surface area contributed by atoms with Gasteiger partial charge in [0, 0.05) is 6.07 Å². The van der Waals surface area contributed by atoms with Gasteiger partial charge in [0.1, 0.15) is 30.8 Å². The SMILES string of the molecule is COc1ccc2c(=O)c(-c3ccc4c(c3)OCCO4)coc2c1. The molecule has 23 heavy (non-hydrogen) atoms. The Kier molecular flexibility index (Phi) is 3.19. The second-order valence-corrected chi connectivity index (χ2v) is 5.20. The Hall–Kier alpha value is -2.95. The summed E-state index contributed by atoms with van der Waals surface area (Å²) in [6.07, 6.45) is 1.47. The molecule has 0 unspecified atom stereocenters. The molecule has 0 radical (unpaired) electrons. The number of fused-ring (bicyclic) bond motifs is 2. The predicted octanol–water partition coefficient (Wildman–Crippen LogP) is 3.24. The lowest BCUT2D eigenvalue weighted by Gasteiger charge is -2.18. The van der Waals surface area contributed by atoms with Gasteiger partial charge in [0.15, 0.2) is 16.9 Å². The van der Waals surface area contributed by atoms with Crippen molar-refractivity contribution < 1.29 is 18.6 Å². The van der Waals surface area contributed by atoms with Crippen molar-refractivity contribution in [3.8, 4) is 28.4 Å². The van der Waals surface area contributed by atoms with Gasteiger partial charge in [0.2, 0.25) is 0 Å². The third-order valence-corrected chi connectivity index (χ3v) is 3.83. The van der Waals surface area contributed by atoms with Gasteiger partial charge in [0.25, 0.3) is 0 Å². The highest BCUT2D eigenvalue weighted by atomic mass is 16.6. The minimum absolute atomic E-state index is 0.0921. The molecule has 1 aliphatic heterocycles. The summed E-state index contributed by atoms with van der Waals surface area (Å²) in [5, 5.41) is 0.512. The molecule has 5 nitrogen and oxygen atoms in total. The van der Waals surface area contributed by atoms with E-state index in [0.717, 1.165) is 5.56 Å². The van der Waals surface area contributed by atoms with Crippen LogP contribution in [0.2, 0.25) is 0 Å². The van der Waals surface area contributed by atoms with Gasteiger partial charge >= 0.3 is 0 Å². The lowest BCUT2D eigenvalue weighted by atomic mass is 10.0. The number of rotatable bonds is 2. The summed E-state index contributed by atoms with van der Waals surface area (Å²) in [7, 11) is 1.57. The Labute approximate surface area is 132 Å². The Morgan fingerprint density at radius 3 is 2.65 bits per heavy atom. The van der Waals surface area contributed by atoms with Crippen LogP contribution in [0.25, 0.3) is 22.1 Å². The van der Waals surface area contributed by atoms with E-state index in [2.05, 4.69) is 0 Å². The molecule has 2 aromatic carbocycles. The van der Waals surface area contributed by atoms with E-state index in [4.69, 9.17) is 18.6 Å². The Bertz CT molecular complexity index is 942. The summed E-state index contributed by atoms with van der Waals surface area (Å²) < 4.78 is 21.8. The molecule has 0 saturated carbocycles. The second-order valence-electron chi connectivity index (χ2n) is 5.20. The van der Waals surface area contributed by atoms with Crippen LogP contribution >= 0.6 is 0 Å². The standard InChI is InChI=1S/C18H14O5/c1-20-12-3-4-13-16(9-12)23-10-14(18(13)19)11-2-5-15-17(8-11)22-7-6-21-15/h2-5,8-10H,6-7H2,1H3. The van der Waals surface area contributed by atoms with Crippen LogP contribution in [0.4, 0.5) is 0 Å². The van der Waals surface area contributed by atoms with Crippen LogP contribution in [0.1, 0.15) is 0 Å². The van der Waals surface area contributed by atoms with E-state index in [1.54, 1.807) is 31.4 Å². The second kappa shape index (κ2) is 5.35. The van der Waals surface area contributed by atoms with Gasteiger partial charge in [-0.25, -0.2) is 0 Å². The van der Waals surface area contributed by atoms with Crippen LogP contribution < -0.4 is 19.6 Å². The molecule has 0 N–H and O–H groups in total. The first-order valence-corrected chi connectivity index (χ1v) is 7.26. The first-order chi connectivity index (χ1) is 11.3. The van der Waals surface area contributed by atoms with Crippen molar-refractivity contribution in [2.45, 2.75) is 0 Å². The fraction of sp³-hybridized carbons (Fsp3) is 0.167. The van der Waals surface area contributed by atoms with Crippen molar-refractivity contribution >= 4 is 11.0 Å². The maximum Gasteiger partial charge on any atom is 0.200 e. The van der Waals surface area contributed by atoms with E-state index in [0.29, 0.717) is 47.0 Å². The zero-order valence-corrected chi connectivity index (χ0v) is 12.5. The normalized spacial score (nSPS) is 13.1. The van der Waals surface area contributed by atoms with Crippen LogP contribution in [0, 0.1) is 0 Å². The predicted molar refractivity (Wildman–Crippen MR) is 85.5 cm³/mol. The van der Waals surface area contributed by atoms with E-state index in [9.17, 15) is 4.79 Å². The molecule has 0 fully saturated rings. The van der Waals surface area contributed by atoms with Crippen LogP contribution in [0.3, 0.4) is 0 Å². The van der Waals surface area contributed by atoms with Crippen molar-refractivity contribution in [2.75, 3.05) is 20.3 Å². The molecule has 5 heteroatoms. The highest BCUT2D eigenvalue weighted by Crippen LogP contribution is 2.34. The van der Waals surface area contributed by atoms with Crippen LogP contribution in [0.5, 0.6) is 17.2 Å². The molecule has 0 amide bonds. The third-order valence-electron chi connectivity index (χ3n) is 3.83. The Balaban J connectivity index is 1.86. The van der Waals surface area contributed by atoms with Crippen LogP contribution in [-0.2, 0) is 0 Å². The molecule has 0 atom stereocenters. The van der Waals surface area contributed by atoms with Gasteiger partial charge < -0.3 is 18.6 Å². The molecule has 0 saturated heterocycles. The Morgan fingerprint density at radius 2 is 1.83 bits per heavy atom. The third kappa shape index (κ3) is 2.30. The first-order valence-electron chi connectivity index (χ1n) is 7.26. The van der Waals surface area contributed by atoms with E-state index < -0.39 is 0 Å². The molecule has 1 aromatic heterocycles. The zero-order valence-electron chi connectivity index (χ0n) is 12.5. The van der Waals surface area contributed by atoms with Crippen molar-refractivity contribution in [3.05, 3.63) is 52.9 Å². The van der Waals surface area contributed by atoms with E-state index in [1.165, 1.54) is 6.26 Å². The maximum atomic E-state index is 12.7. The quantitative estimate of drug-likeness (QED) is 0.727. The molecular formula is C18H14O5. The summed E-state index contributed by atoms with van der Waals surface area (Å²) in [5.74, 6) is 1.98. The lowest BCUT2D eigenvalue weighted by Crippen LogP contribution is -2.15. The number of hydrogen-bond donors (Lipinski definition) is 0. The number of methoxy groups -OCH3 is 1. The zero-order chi connectivity index (χ0) is 15.8. The number of benzene rings is 2. The van der Waals surface area contributed by atoms with Crippen LogP contribution in [0.15, 0.2) is 51.9 Å². The monoisotopic (exact) mass is 310 g/mol. The molecule has 116 valence electrons. The van der Waals surface area contributed by atoms with Gasteiger partial charge in [-0.05, 0) is 29.8 Å². The van der Waals surface area contributed by atoms with E-state index in [-0.39, 0.29) is 5.43 Å². The molecule has 1 aliphatic rings. The van der Waals surface area contributed by atoms with Crippen molar-refractivity contribution in [3.63, 3.8) is 0 Å². The highest BCUT2D eigenvalue weighted by Gasteiger charge is 2.15. The van der Waals surface area contributed by atoms with Gasteiger partial charge in [0.05, 0.1) is 18.1 Å². The fourth-order valence-corrected chi connectivity index (χ4v) is 2.65. The summed E-state index contributed by atoms with van der Waals surface area (Å²) >= 11 is 0. The molecule has 4 rings (SSSR count). The number of ether oxygens (including phenoxy) is 3. The molecule has 0 spiro atoms. The van der Waals surface area contributed by atoms with E-state index in [1.807, 2.05) is 12.1 Å². The van der Waals surface area contributed by atoms with Crippen molar-refractivity contribution in [1.82, 2.24) is 0 Å². The lowest BCUT2D eigenvalue weighted by molar-refractivity contribution is 0.171. The smallest absolute Gasteiger partial charge is 0.200 e. The molecule has 3 aromatic rings. The van der Waals surface area contributed by atoms with Gasteiger partial charge in [-0.15, -0.1) is 0 Å². The number of hydrogen-bond acceptors (Lipinski definition) is 5. The summed E-state index contributed by atoms with van der Waals surface area (Å²) in [6, 6.07) is 10.6. The molecular weight excluding hydrogens is 296 g/mol. The van der Waals surface area contributed by atoms with Crippen LogP contribution in [-0.4, -0.2) is 20.3 Å². The fourth-order valence-electron chi connectivity index (χ4n) is 2.65. The average Bonchev–Trinajstić information content (AvgIpc) is 2.61. The average molecular weight is 310 g/mol. The minimum Gasteiger partial charge on any atom is -0.497 e. The first kappa shape index (κ1) is 13.7. The van der Waals surface area contributed by atoms with Gasteiger partial charge in [-0.2, -0.15) is 0 Å². The molecule has 0 aliphatic carbocycles. The molecule has 0 bridgehead atoms. The Morgan fingerprint density at radius 1 is 1.00 bits per heavy atom. The summed E-state index contributed by atoms with van der Waals surface area (Å²) in [4.78, 5) is 12.7. The van der Waals surface area contributed by atoms with Gasteiger partial charge in [-0.1, -0.05) is 6.07 Å².